The fraction of sp³-hybridized carbons (Fsp3) is 0.320. The van der Waals surface area contributed by atoms with Crippen molar-refractivity contribution < 1.29 is 9.59 Å². The number of aromatic nitrogens is 3. The largest absolute Gasteiger partial charge is 0.369 e. The van der Waals surface area contributed by atoms with Crippen LogP contribution in [0.2, 0.25) is 0 Å². The van der Waals surface area contributed by atoms with Crippen LogP contribution in [0.1, 0.15) is 23.7 Å². The lowest BCUT2D eigenvalue weighted by Gasteiger charge is -2.35. The van der Waals surface area contributed by atoms with E-state index in [1.165, 1.54) is 10.9 Å². The fourth-order valence-electron chi connectivity index (χ4n) is 5.00. The van der Waals surface area contributed by atoms with E-state index in [9.17, 15) is 9.59 Å². The van der Waals surface area contributed by atoms with E-state index in [0.717, 1.165) is 29.1 Å². The molecule has 2 aromatic heterocycles. The zero-order valence-corrected chi connectivity index (χ0v) is 18.9. The van der Waals surface area contributed by atoms with Crippen LogP contribution in [0.3, 0.4) is 0 Å². The Morgan fingerprint density at radius 2 is 1.91 bits per heavy atom. The Bertz CT molecular complexity index is 1380. The summed E-state index contributed by atoms with van der Waals surface area (Å²) >= 11 is 0. The van der Waals surface area contributed by atoms with Gasteiger partial charge in [-0.3, -0.25) is 9.59 Å². The van der Waals surface area contributed by atoms with Gasteiger partial charge in [0.25, 0.3) is 5.91 Å². The molecular formula is C25H28N6O2. The van der Waals surface area contributed by atoms with Gasteiger partial charge in [0, 0.05) is 49.2 Å². The van der Waals surface area contributed by atoms with Gasteiger partial charge in [-0.2, -0.15) is 0 Å². The first kappa shape index (κ1) is 21.2. The molecule has 0 radical (unpaired) electrons. The third kappa shape index (κ3) is 3.47. The van der Waals surface area contributed by atoms with E-state index in [0.29, 0.717) is 25.1 Å². The highest BCUT2D eigenvalue weighted by Crippen LogP contribution is 2.30. The topological polar surface area (TPSA) is 112 Å². The standard InChI is InChI=1S/C25H28N6O2/c1-3-31-20-7-5-4-6-15(20)13-22(31)24-28-19-12-16(8-9-21(19)29(24)2)25(33)30-11-10-17(23(27)32)18(26)14-30/h4-9,12-13,17-18H,3,10-11,14,26H2,1-2H3,(H2,27,32)/t17?,18-/m0/s1. The van der Waals surface area contributed by atoms with Crippen LogP contribution >= 0.6 is 0 Å². The van der Waals surface area contributed by atoms with Crippen molar-refractivity contribution in [2.24, 2.45) is 24.4 Å². The maximum absolute atomic E-state index is 13.2. The van der Waals surface area contributed by atoms with Gasteiger partial charge in [-0.25, -0.2) is 4.98 Å². The zero-order chi connectivity index (χ0) is 23.3. The van der Waals surface area contributed by atoms with Crippen molar-refractivity contribution in [3.63, 3.8) is 0 Å². The Balaban J connectivity index is 1.49. The molecule has 2 atom stereocenters. The van der Waals surface area contributed by atoms with Crippen LogP contribution in [-0.2, 0) is 18.4 Å². The van der Waals surface area contributed by atoms with Crippen LogP contribution in [-0.4, -0.2) is 50.0 Å². The van der Waals surface area contributed by atoms with Crippen molar-refractivity contribution in [3.8, 4) is 11.5 Å². The third-order valence-corrected chi connectivity index (χ3v) is 6.79. The summed E-state index contributed by atoms with van der Waals surface area (Å²) in [6, 6.07) is 15.6. The minimum absolute atomic E-state index is 0.106. The first-order valence-electron chi connectivity index (χ1n) is 11.3. The smallest absolute Gasteiger partial charge is 0.253 e. The van der Waals surface area contributed by atoms with E-state index in [1.807, 2.05) is 37.4 Å². The summed E-state index contributed by atoms with van der Waals surface area (Å²) in [5, 5.41) is 1.17. The van der Waals surface area contributed by atoms with Gasteiger partial charge in [-0.15, -0.1) is 0 Å². The maximum Gasteiger partial charge on any atom is 0.253 e. The zero-order valence-electron chi connectivity index (χ0n) is 18.9. The molecule has 1 unspecified atom stereocenters. The van der Waals surface area contributed by atoms with Gasteiger partial charge < -0.3 is 25.5 Å². The summed E-state index contributed by atoms with van der Waals surface area (Å²) in [5.74, 6) is -0.0381. The molecule has 2 aromatic carbocycles. The van der Waals surface area contributed by atoms with Gasteiger partial charge in [0.05, 0.1) is 22.6 Å². The molecule has 5 rings (SSSR count). The molecule has 8 nitrogen and oxygen atoms in total. The summed E-state index contributed by atoms with van der Waals surface area (Å²) in [6.45, 7) is 3.73. The number of carbonyl (C=O) groups excluding carboxylic acids is 2. The number of likely N-dealkylation sites (tertiary alicyclic amines) is 1. The van der Waals surface area contributed by atoms with E-state index < -0.39 is 11.9 Å². The van der Waals surface area contributed by atoms with Crippen LogP contribution in [0.25, 0.3) is 33.5 Å². The van der Waals surface area contributed by atoms with Gasteiger partial charge >= 0.3 is 0 Å². The number of fused-ring (bicyclic) bond motifs is 2. The van der Waals surface area contributed by atoms with E-state index in [1.54, 1.807) is 4.90 Å². The summed E-state index contributed by atoms with van der Waals surface area (Å²) in [4.78, 5) is 31.3. The molecule has 2 amide bonds. The molecule has 0 spiro atoms. The normalized spacial score (nSPS) is 18.8. The Kier molecular flexibility index (Phi) is 5.17. The average molecular weight is 445 g/mol. The summed E-state index contributed by atoms with van der Waals surface area (Å²) in [7, 11) is 2.00. The number of rotatable bonds is 4. The van der Waals surface area contributed by atoms with Crippen molar-refractivity contribution in [2.45, 2.75) is 25.9 Å². The monoisotopic (exact) mass is 444 g/mol. The van der Waals surface area contributed by atoms with Crippen molar-refractivity contribution in [3.05, 3.63) is 54.1 Å². The van der Waals surface area contributed by atoms with Crippen molar-refractivity contribution in [1.29, 1.82) is 0 Å². The number of piperidine rings is 1. The first-order chi connectivity index (χ1) is 15.9. The molecule has 1 saturated heterocycles. The Labute approximate surface area is 191 Å². The van der Waals surface area contributed by atoms with Crippen molar-refractivity contribution >= 4 is 33.8 Å². The Morgan fingerprint density at radius 1 is 1.12 bits per heavy atom. The van der Waals surface area contributed by atoms with E-state index in [2.05, 4.69) is 34.3 Å². The Morgan fingerprint density at radius 3 is 2.64 bits per heavy atom. The molecule has 0 aliphatic carbocycles. The predicted molar refractivity (Wildman–Crippen MR) is 129 cm³/mol. The lowest BCUT2D eigenvalue weighted by Crippen LogP contribution is -2.53. The van der Waals surface area contributed by atoms with E-state index in [-0.39, 0.29) is 11.8 Å². The number of nitrogens with two attached hydrogens (primary N) is 2. The molecule has 170 valence electrons. The van der Waals surface area contributed by atoms with Gasteiger partial charge in [-0.05, 0) is 43.7 Å². The number of benzene rings is 2. The lowest BCUT2D eigenvalue weighted by atomic mass is 9.91. The SMILES string of the molecule is CCn1c(-c2nc3cc(C(=O)N4CCC(C(N)=O)[C@@H](N)C4)ccc3n2C)cc2ccccc21. The highest BCUT2D eigenvalue weighted by atomic mass is 16.2. The number of nitrogens with zero attached hydrogens (tertiary/aromatic N) is 4. The van der Waals surface area contributed by atoms with Crippen LogP contribution in [0.4, 0.5) is 0 Å². The average Bonchev–Trinajstić information content (AvgIpc) is 3.35. The van der Waals surface area contributed by atoms with Crippen molar-refractivity contribution in [2.75, 3.05) is 13.1 Å². The number of carbonyl (C=O) groups is 2. The van der Waals surface area contributed by atoms with Gasteiger partial charge in [0.1, 0.15) is 0 Å². The number of hydrogen-bond acceptors (Lipinski definition) is 4. The molecule has 33 heavy (non-hydrogen) atoms. The second-order valence-corrected chi connectivity index (χ2v) is 8.74. The third-order valence-electron chi connectivity index (χ3n) is 6.79. The molecule has 4 N–H and O–H groups in total. The molecule has 0 saturated carbocycles. The van der Waals surface area contributed by atoms with E-state index in [4.69, 9.17) is 16.5 Å². The molecule has 8 heteroatoms. The van der Waals surface area contributed by atoms with Crippen LogP contribution in [0, 0.1) is 5.92 Å². The van der Waals surface area contributed by atoms with Crippen molar-refractivity contribution in [1.82, 2.24) is 19.0 Å². The summed E-state index contributed by atoms with van der Waals surface area (Å²) in [6.07, 6.45) is 0.486. The number of primary amides is 1. The first-order valence-corrected chi connectivity index (χ1v) is 11.3. The lowest BCUT2D eigenvalue weighted by molar-refractivity contribution is -0.123. The minimum Gasteiger partial charge on any atom is -0.369 e. The molecule has 3 heterocycles. The number of aryl methyl sites for hydroxylation is 2. The van der Waals surface area contributed by atoms with Gasteiger partial charge in [0.15, 0.2) is 5.82 Å². The summed E-state index contributed by atoms with van der Waals surface area (Å²) in [5.41, 5.74) is 16.0. The predicted octanol–water partition coefficient (Wildman–Crippen LogP) is 2.49. The molecule has 1 aliphatic heterocycles. The summed E-state index contributed by atoms with van der Waals surface area (Å²) < 4.78 is 4.32. The minimum atomic E-state index is -0.443. The molecular weight excluding hydrogens is 416 g/mol. The quantitative estimate of drug-likeness (QED) is 0.504. The van der Waals surface area contributed by atoms with Gasteiger partial charge in [-0.1, -0.05) is 18.2 Å². The molecule has 1 fully saturated rings. The highest BCUT2D eigenvalue weighted by molar-refractivity contribution is 5.98. The number of hydrogen-bond donors (Lipinski definition) is 2. The number of imidazole rings is 1. The fourth-order valence-corrected chi connectivity index (χ4v) is 5.00. The van der Waals surface area contributed by atoms with Crippen LogP contribution in [0.5, 0.6) is 0 Å². The maximum atomic E-state index is 13.2. The van der Waals surface area contributed by atoms with Gasteiger partial charge in [0.2, 0.25) is 5.91 Å². The highest BCUT2D eigenvalue weighted by Gasteiger charge is 2.32. The second-order valence-electron chi connectivity index (χ2n) is 8.74. The molecule has 1 aliphatic rings. The van der Waals surface area contributed by atoms with Crippen LogP contribution < -0.4 is 11.5 Å². The number of amides is 2. The van der Waals surface area contributed by atoms with Crippen LogP contribution in [0.15, 0.2) is 48.5 Å². The Hall–Kier alpha value is -3.65. The second kappa shape index (κ2) is 8.04. The number of para-hydroxylation sites is 1. The molecule has 4 aromatic rings. The van der Waals surface area contributed by atoms with E-state index >= 15 is 0 Å². The molecule has 0 bridgehead atoms.